The number of benzene rings is 2. The molecule has 0 aromatic heterocycles. The first-order valence-corrected chi connectivity index (χ1v) is 9.43. The Hall–Kier alpha value is -3.42. The van der Waals surface area contributed by atoms with E-state index in [4.69, 9.17) is 9.47 Å². The van der Waals surface area contributed by atoms with Gasteiger partial charge in [-0.3, -0.25) is 9.59 Å². The molecule has 0 aliphatic carbocycles. The molecule has 0 radical (unpaired) electrons. The van der Waals surface area contributed by atoms with Gasteiger partial charge in [0.1, 0.15) is 23.9 Å². The maximum absolute atomic E-state index is 14.4. The molecule has 2 aromatic rings. The highest BCUT2D eigenvalue weighted by Gasteiger charge is 2.36. The zero-order valence-corrected chi connectivity index (χ0v) is 17.4. The SMILES string of the molecule is COc1ccc(OC)c([C@H]2CC(c3ccccc3F)=NN2C(=O)CN(C)C(C)=O)c1. The molecule has 30 heavy (non-hydrogen) atoms. The van der Waals surface area contributed by atoms with E-state index in [0.29, 0.717) is 34.8 Å². The summed E-state index contributed by atoms with van der Waals surface area (Å²) in [6.07, 6.45) is 0.292. The Balaban J connectivity index is 2.04. The molecule has 0 N–H and O–H groups in total. The van der Waals surface area contributed by atoms with Crippen LogP contribution in [0.3, 0.4) is 0 Å². The average molecular weight is 413 g/mol. The number of nitrogens with zero attached hydrogens (tertiary/aromatic N) is 3. The molecule has 7 nitrogen and oxygen atoms in total. The number of halogens is 1. The summed E-state index contributed by atoms with van der Waals surface area (Å²) in [5, 5.41) is 5.75. The van der Waals surface area contributed by atoms with Crippen LogP contribution in [0.15, 0.2) is 47.6 Å². The Morgan fingerprint density at radius 2 is 1.93 bits per heavy atom. The van der Waals surface area contributed by atoms with Crippen molar-refractivity contribution in [3.05, 3.63) is 59.4 Å². The fraction of sp³-hybridized carbons (Fsp3) is 0.318. The van der Waals surface area contributed by atoms with E-state index >= 15 is 0 Å². The van der Waals surface area contributed by atoms with E-state index in [9.17, 15) is 14.0 Å². The van der Waals surface area contributed by atoms with E-state index in [2.05, 4.69) is 5.10 Å². The first-order valence-electron chi connectivity index (χ1n) is 9.43. The smallest absolute Gasteiger partial charge is 0.262 e. The molecule has 0 fully saturated rings. The molecule has 1 aliphatic heterocycles. The van der Waals surface area contributed by atoms with E-state index in [-0.39, 0.29) is 18.4 Å². The van der Waals surface area contributed by atoms with Gasteiger partial charge in [-0.05, 0) is 24.3 Å². The van der Waals surface area contributed by atoms with E-state index in [1.807, 2.05) is 0 Å². The third-order valence-corrected chi connectivity index (χ3v) is 5.06. The highest BCUT2D eigenvalue weighted by molar-refractivity contribution is 6.03. The summed E-state index contributed by atoms with van der Waals surface area (Å²) in [4.78, 5) is 25.9. The van der Waals surface area contributed by atoms with Crippen molar-refractivity contribution >= 4 is 17.5 Å². The van der Waals surface area contributed by atoms with Crippen molar-refractivity contribution in [3.8, 4) is 11.5 Å². The van der Waals surface area contributed by atoms with E-state index in [0.717, 1.165) is 0 Å². The van der Waals surface area contributed by atoms with Gasteiger partial charge in [-0.15, -0.1) is 0 Å². The number of methoxy groups -OCH3 is 2. The summed E-state index contributed by atoms with van der Waals surface area (Å²) in [5.74, 6) is 0.120. The van der Waals surface area contributed by atoms with Crippen LogP contribution in [0.5, 0.6) is 11.5 Å². The van der Waals surface area contributed by atoms with Crippen molar-refractivity contribution in [2.24, 2.45) is 5.10 Å². The normalized spacial score (nSPS) is 15.6. The molecular weight excluding hydrogens is 389 g/mol. The average Bonchev–Trinajstić information content (AvgIpc) is 3.18. The van der Waals surface area contributed by atoms with Gasteiger partial charge >= 0.3 is 0 Å². The second-order valence-electron chi connectivity index (χ2n) is 6.97. The fourth-order valence-electron chi connectivity index (χ4n) is 3.33. The zero-order chi connectivity index (χ0) is 21.8. The lowest BCUT2D eigenvalue weighted by Gasteiger charge is -2.25. The minimum absolute atomic E-state index is 0.147. The first-order chi connectivity index (χ1) is 14.3. The second-order valence-corrected chi connectivity index (χ2v) is 6.97. The molecule has 0 saturated carbocycles. The van der Waals surface area contributed by atoms with Crippen LogP contribution in [0.4, 0.5) is 4.39 Å². The molecule has 0 bridgehead atoms. The van der Waals surface area contributed by atoms with Gasteiger partial charge in [0.25, 0.3) is 5.91 Å². The number of amides is 2. The van der Waals surface area contributed by atoms with Gasteiger partial charge in [-0.1, -0.05) is 18.2 Å². The largest absolute Gasteiger partial charge is 0.497 e. The quantitative estimate of drug-likeness (QED) is 0.730. The van der Waals surface area contributed by atoms with Gasteiger partial charge in [0.2, 0.25) is 5.91 Å². The minimum Gasteiger partial charge on any atom is -0.497 e. The Morgan fingerprint density at radius 1 is 1.20 bits per heavy atom. The first kappa shape index (κ1) is 21.3. The van der Waals surface area contributed by atoms with Crippen molar-refractivity contribution in [3.63, 3.8) is 0 Å². The Labute approximate surface area is 174 Å². The highest BCUT2D eigenvalue weighted by atomic mass is 19.1. The van der Waals surface area contributed by atoms with Gasteiger partial charge in [-0.25, -0.2) is 9.40 Å². The number of hydrazone groups is 1. The van der Waals surface area contributed by atoms with Crippen LogP contribution in [0.25, 0.3) is 0 Å². The minimum atomic E-state index is -0.530. The molecule has 1 heterocycles. The predicted molar refractivity (Wildman–Crippen MR) is 110 cm³/mol. The summed E-state index contributed by atoms with van der Waals surface area (Å²) in [6.45, 7) is 1.24. The number of carbonyl (C=O) groups is 2. The Morgan fingerprint density at radius 3 is 2.57 bits per heavy atom. The van der Waals surface area contributed by atoms with Crippen molar-refractivity contribution < 1.29 is 23.5 Å². The molecule has 2 aromatic carbocycles. The second kappa shape index (κ2) is 8.94. The maximum Gasteiger partial charge on any atom is 0.262 e. The molecule has 1 atom stereocenters. The summed E-state index contributed by atoms with van der Waals surface area (Å²) in [7, 11) is 4.62. The van der Waals surface area contributed by atoms with Crippen LogP contribution in [0.1, 0.15) is 30.5 Å². The molecule has 0 spiro atoms. The standard InChI is InChI=1S/C22H24FN3O4/c1-14(27)25(2)13-22(28)26-20(17-11-15(29-3)9-10-21(17)30-4)12-19(24-26)16-7-5-6-8-18(16)23/h5-11,20H,12-13H2,1-4H3/t20-/m1/s1. The summed E-state index contributed by atoms with van der Waals surface area (Å²) in [5.41, 5.74) is 1.46. The van der Waals surface area contributed by atoms with Crippen molar-refractivity contribution in [2.45, 2.75) is 19.4 Å². The van der Waals surface area contributed by atoms with Crippen molar-refractivity contribution in [1.82, 2.24) is 9.91 Å². The van der Waals surface area contributed by atoms with Crippen LogP contribution in [0.2, 0.25) is 0 Å². The van der Waals surface area contributed by atoms with Gasteiger partial charge in [-0.2, -0.15) is 5.10 Å². The van der Waals surface area contributed by atoms with Crippen LogP contribution in [-0.2, 0) is 9.59 Å². The number of rotatable bonds is 6. The molecular formula is C22H24FN3O4. The monoisotopic (exact) mass is 413 g/mol. The molecule has 3 rings (SSSR count). The topological polar surface area (TPSA) is 71.4 Å². The lowest BCUT2D eigenvalue weighted by molar-refractivity contribution is -0.139. The van der Waals surface area contributed by atoms with E-state index in [1.54, 1.807) is 50.6 Å². The van der Waals surface area contributed by atoms with Gasteiger partial charge in [0.05, 0.1) is 26.0 Å². The molecule has 158 valence electrons. The Bertz CT molecular complexity index is 992. The molecule has 8 heteroatoms. The zero-order valence-electron chi connectivity index (χ0n) is 17.4. The van der Waals surface area contributed by atoms with E-state index < -0.39 is 11.9 Å². The number of ether oxygens (including phenoxy) is 2. The summed E-state index contributed by atoms with van der Waals surface area (Å²) < 4.78 is 25.2. The summed E-state index contributed by atoms with van der Waals surface area (Å²) in [6, 6.07) is 11.1. The van der Waals surface area contributed by atoms with Crippen LogP contribution >= 0.6 is 0 Å². The Kier molecular flexibility index (Phi) is 6.34. The number of hydrogen-bond acceptors (Lipinski definition) is 5. The highest BCUT2D eigenvalue weighted by Crippen LogP contribution is 2.39. The molecule has 1 aliphatic rings. The third kappa shape index (κ3) is 4.27. The molecule has 2 amide bonds. The van der Waals surface area contributed by atoms with Crippen LogP contribution < -0.4 is 9.47 Å². The van der Waals surface area contributed by atoms with Crippen LogP contribution in [0, 0.1) is 5.82 Å². The third-order valence-electron chi connectivity index (χ3n) is 5.06. The number of hydrogen-bond donors (Lipinski definition) is 0. The number of carbonyl (C=O) groups excluding carboxylic acids is 2. The van der Waals surface area contributed by atoms with Crippen molar-refractivity contribution in [2.75, 3.05) is 27.8 Å². The lowest BCUT2D eigenvalue weighted by atomic mass is 9.97. The van der Waals surface area contributed by atoms with Crippen molar-refractivity contribution in [1.29, 1.82) is 0 Å². The lowest BCUT2D eigenvalue weighted by Crippen LogP contribution is -2.38. The maximum atomic E-state index is 14.4. The van der Waals surface area contributed by atoms with Gasteiger partial charge < -0.3 is 14.4 Å². The van der Waals surface area contributed by atoms with Gasteiger partial charge in [0.15, 0.2) is 0 Å². The molecule has 0 saturated heterocycles. The number of likely N-dealkylation sites (N-methyl/N-ethyl adjacent to an activating group) is 1. The molecule has 0 unspecified atom stereocenters. The van der Waals surface area contributed by atoms with Crippen LogP contribution in [-0.4, -0.2) is 55.2 Å². The fourth-order valence-corrected chi connectivity index (χ4v) is 3.33. The van der Waals surface area contributed by atoms with Gasteiger partial charge in [0, 0.05) is 31.5 Å². The predicted octanol–water partition coefficient (Wildman–Crippen LogP) is 3.00. The summed E-state index contributed by atoms with van der Waals surface area (Å²) >= 11 is 0. The van der Waals surface area contributed by atoms with E-state index in [1.165, 1.54) is 30.0 Å².